The van der Waals surface area contributed by atoms with Gasteiger partial charge in [0, 0.05) is 38.3 Å². The lowest BCUT2D eigenvalue weighted by atomic mass is 10.1. The van der Waals surface area contributed by atoms with Crippen LogP contribution < -0.4 is 10.6 Å². The van der Waals surface area contributed by atoms with Gasteiger partial charge >= 0.3 is 0 Å². The maximum absolute atomic E-state index is 12.6. The molecular weight excluding hydrogens is 340 g/mol. The molecule has 0 fully saturated rings. The van der Waals surface area contributed by atoms with Crippen molar-refractivity contribution in [3.63, 3.8) is 0 Å². The van der Waals surface area contributed by atoms with E-state index >= 15 is 0 Å². The summed E-state index contributed by atoms with van der Waals surface area (Å²) in [7, 11) is 0. The molecule has 7 heteroatoms. The fourth-order valence-corrected chi connectivity index (χ4v) is 3.40. The fourth-order valence-electron chi connectivity index (χ4n) is 3.40. The van der Waals surface area contributed by atoms with Gasteiger partial charge in [-0.15, -0.1) is 0 Å². The van der Waals surface area contributed by atoms with Gasteiger partial charge in [0.05, 0.1) is 30.5 Å². The average molecular weight is 364 g/mol. The van der Waals surface area contributed by atoms with Crippen LogP contribution in [0, 0.1) is 0 Å². The molecule has 4 rings (SSSR count). The minimum atomic E-state index is -0.113. The average Bonchev–Trinajstić information content (AvgIpc) is 3.36. The van der Waals surface area contributed by atoms with E-state index in [9.17, 15) is 4.79 Å². The molecule has 0 bridgehead atoms. The van der Waals surface area contributed by atoms with E-state index in [4.69, 9.17) is 0 Å². The Bertz CT molecular complexity index is 848. The zero-order chi connectivity index (χ0) is 18.5. The molecule has 1 atom stereocenters. The van der Waals surface area contributed by atoms with Crippen molar-refractivity contribution in [1.82, 2.24) is 30.2 Å². The smallest absolute Gasteiger partial charge is 0.220 e. The molecule has 1 aliphatic heterocycles. The van der Waals surface area contributed by atoms with Gasteiger partial charge in [0.1, 0.15) is 0 Å². The summed E-state index contributed by atoms with van der Waals surface area (Å²) in [4.78, 5) is 12.6. The predicted molar refractivity (Wildman–Crippen MR) is 102 cm³/mol. The Labute approximate surface area is 158 Å². The van der Waals surface area contributed by atoms with Gasteiger partial charge in [-0.25, -0.2) is 0 Å². The van der Waals surface area contributed by atoms with Crippen LogP contribution in [0.2, 0.25) is 0 Å². The molecular formula is C20H24N6O. The number of rotatable bonds is 7. The number of amides is 1. The largest absolute Gasteiger partial charge is 0.347 e. The molecule has 3 heterocycles. The van der Waals surface area contributed by atoms with Crippen LogP contribution in [0.1, 0.15) is 29.4 Å². The van der Waals surface area contributed by atoms with Gasteiger partial charge in [-0.3, -0.25) is 14.2 Å². The van der Waals surface area contributed by atoms with Crippen LogP contribution in [0.4, 0.5) is 0 Å². The van der Waals surface area contributed by atoms with E-state index in [0.29, 0.717) is 19.4 Å². The van der Waals surface area contributed by atoms with Crippen molar-refractivity contribution < 1.29 is 4.79 Å². The first-order valence-electron chi connectivity index (χ1n) is 9.36. The number of nitrogens with one attached hydrogen (secondary N) is 2. The lowest BCUT2D eigenvalue weighted by Gasteiger charge is -2.19. The van der Waals surface area contributed by atoms with Crippen molar-refractivity contribution in [3.8, 4) is 0 Å². The van der Waals surface area contributed by atoms with Gasteiger partial charge < -0.3 is 10.6 Å². The normalized spacial score (nSPS) is 14.5. The second kappa shape index (κ2) is 8.18. The van der Waals surface area contributed by atoms with Gasteiger partial charge in [0.25, 0.3) is 0 Å². The summed E-state index contributed by atoms with van der Waals surface area (Å²) in [6.45, 7) is 3.29. The Morgan fingerprint density at radius 1 is 1.26 bits per heavy atom. The Balaban J connectivity index is 1.38. The summed E-state index contributed by atoms with van der Waals surface area (Å²) in [6.07, 6.45) is 4.73. The van der Waals surface area contributed by atoms with E-state index in [2.05, 4.69) is 26.9 Å². The summed E-state index contributed by atoms with van der Waals surface area (Å²) in [5, 5.41) is 15.4. The topological polar surface area (TPSA) is 76.8 Å². The summed E-state index contributed by atoms with van der Waals surface area (Å²) in [5.74, 6) is 0.0279. The first kappa shape index (κ1) is 17.5. The molecule has 2 N–H and O–H groups in total. The molecule has 140 valence electrons. The fraction of sp³-hybridized carbons (Fsp3) is 0.350. The summed E-state index contributed by atoms with van der Waals surface area (Å²) >= 11 is 0. The highest BCUT2D eigenvalue weighted by Gasteiger charge is 2.17. The number of hydrogen-bond donors (Lipinski definition) is 2. The van der Waals surface area contributed by atoms with E-state index in [1.165, 1.54) is 5.69 Å². The van der Waals surface area contributed by atoms with E-state index in [1.54, 1.807) is 6.20 Å². The van der Waals surface area contributed by atoms with Crippen LogP contribution in [0.3, 0.4) is 0 Å². The molecule has 2 aromatic heterocycles. The molecule has 3 aromatic rings. The molecule has 0 saturated heterocycles. The number of carbonyl (C=O) groups excluding carboxylic acids is 1. The van der Waals surface area contributed by atoms with Gasteiger partial charge in [-0.2, -0.15) is 10.2 Å². The number of aryl methyl sites for hydroxylation is 1. The molecule has 0 aliphatic carbocycles. The van der Waals surface area contributed by atoms with Crippen molar-refractivity contribution in [3.05, 3.63) is 71.8 Å². The predicted octanol–water partition coefficient (Wildman–Crippen LogP) is 1.67. The third-order valence-electron chi connectivity index (χ3n) is 4.79. The van der Waals surface area contributed by atoms with Crippen molar-refractivity contribution in [2.24, 2.45) is 0 Å². The summed E-state index contributed by atoms with van der Waals surface area (Å²) in [5.41, 5.74) is 3.24. The third-order valence-corrected chi connectivity index (χ3v) is 4.79. The van der Waals surface area contributed by atoms with Crippen LogP contribution in [-0.2, 0) is 30.8 Å². The van der Waals surface area contributed by atoms with Crippen molar-refractivity contribution in [1.29, 1.82) is 0 Å². The Hall–Kier alpha value is -2.93. The van der Waals surface area contributed by atoms with E-state index < -0.39 is 0 Å². The number of fused-ring (bicyclic) bond motifs is 1. The Kier molecular flexibility index (Phi) is 5.29. The number of hydrogen-bond acceptors (Lipinski definition) is 4. The van der Waals surface area contributed by atoms with Gasteiger partial charge in [-0.1, -0.05) is 30.3 Å². The highest BCUT2D eigenvalue weighted by atomic mass is 16.1. The monoisotopic (exact) mass is 364 g/mol. The number of nitrogens with zero attached hydrogens (tertiary/aromatic N) is 4. The van der Waals surface area contributed by atoms with E-state index in [-0.39, 0.29) is 11.9 Å². The summed E-state index contributed by atoms with van der Waals surface area (Å²) < 4.78 is 3.88. The highest BCUT2D eigenvalue weighted by molar-refractivity contribution is 5.76. The minimum Gasteiger partial charge on any atom is -0.347 e. The van der Waals surface area contributed by atoms with Crippen molar-refractivity contribution in [2.75, 3.05) is 6.54 Å². The first-order chi connectivity index (χ1) is 13.3. The zero-order valence-corrected chi connectivity index (χ0v) is 15.2. The summed E-state index contributed by atoms with van der Waals surface area (Å²) in [6, 6.07) is 13.9. The second-order valence-corrected chi connectivity index (χ2v) is 6.79. The molecule has 27 heavy (non-hydrogen) atoms. The van der Waals surface area contributed by atoms with Crippen LogP contribution in [-0.4, -0.2) is 32.0 Å². The molecule has 0 saturated carbocycles. The van der Waals surface area contributed by atoms with Crippen LogP contribution >= 0.6 is 0 Å². The van der Waals surface area contributed by atoms with E-state index in [1.807, 2.05) is 52.0 Å². The zero-order valence-electron chi connectivity index (χ0n) is 15.2. The van der Waals surface area contributed by atoms with Crippen molar-refractivity contribution in [2.45, 2.75) is 38.5 Å². The number of aromatic nitrogens is 4. The van der Waals surface area contributed by atoms with Crippen molar-refractivity contribution >= 4 is 5.91 Å². The van der Waals surface area contributed by atoms with Crippen LogP contribution in [0.5, 0.6) is 0 Å². The molecule has 0 radical (unpaired) electrons. The van der Waals surface area contributed by atoms with Gasteiger partial charge in [0.15, 0.2) is 0 Å². The maximum Gasteiger partial charge on any atom is 0.220 e. The van der Waals surface area contributed by atoms with Gasteiger partial charge in [-0.05, 0) is 17.7 Å². The highest BCUT2D eigenvalue weighted by Crippen LogP contribution is 2.16. The molecule has 0 spiro atoms. The SMILES string of the molecule is O=C(CCc1cc2n(n1)CCNC2)N[C@@H](Cn1cccn1)c1ccccc1. The van der Waals surface area contributed by atoms with Crippen LogP contribution in [0.15, 0.2) is 54.9 Å². The van der Waals surface area contributed by atoms with Crippen LogP contribution in [0.25, 0.3) is 0 Å². The third kappa shape index (κ3) is 4.43. The standard InChI is InChI=1S/C20H24N6O/c27-20(8-7-17-13-18-14-21-10-12-26(18)24-17)23-19(15-25-11-4-9-22-25)16-5-2-1-3-6-16/h1-6,9,11,13,19,21H,7-8,10,12,14-15H2,(H,23,27)/t19-/m0/s1. The second-order valence-electron chi connectivity index (χ2n) is 6.79. The van der Waals surface area contributed by atoms with E-state index in [0.717, 1.165) is 30.9 Å². The molecule has 0 unspecified atom stereocenters. The minimum absolute atomic E-state index is 0.0279. The molecule has 7 nitrogen and oxygen atoms in total. The lowest BCUT2D eigenvalue weighted by molar-refractivity contribution is -0.121. The Morgan fingerprint density at radius 3 is 2.93 bits per heavy atom. The Morgan fingerprint density at radius 2 is 2.15 bits per heavy atom. The molecule has 1 aliphatic rings. The quantitative estimate of drug-likeness (QED) is 0.669. The lowest BCUT2D eigenvalue weighted by Crippen LogP contribution is -2.31. The van der Waals surface area contributed by atoms with Gasteiger partial charge in [0.2, 0.25) is 5.91 Å². The number of benzene rings is 1. The molecule has 1 amide bonds. The number of carbonyl (C=O) groups is 1. The first-order valence-corrected chi connectivity index (χ1v) is 9.36. The molecule has 1 aromatic carbocycles. The maximum atomic E-state index is 12.6.